The first-order valence-corrected chi connectivity index (χ1v) is 11.1. The Bertz CT molecular complexity index is 1070. The number of carbonyl (C=O) groups is 1. The molecule has 7 nitrogen and oxygen atoms in total. The lowest BCUT2D eigenvalue weighted by Gasteiger charge is -2.44. The Labute approximate surface area is 187 Å². The fraction of sp³-hybridized carbons (Fsp3) is 0.360. The van der Waals surface area contributed by atoms with Crippen LogP contribution in [0.2, 0.25) is 0 Å². The van der Waals surface area contributed by atoms with Crippen LogP contribution in [0.15, 0.2) is 61.3 Å². The minimum atomic E-state index is -0.302. The molecule has 0 aliphatic carbocycles. The van der Waals surface area contributed by atoms with E-state index >= 15 is 0 Å². The molecule has 1 fully saturated rings. The predicted octanol–water partition coefficient (Wildman–Crippen LogP) is 3.66. The van der Waals surface area contributed by atoms with Gasteiger partial charge in [-0.2, -0.15) is 0 Å². The Morgan fingerprint density at radius 1 is 1.06 bits per heavy atom. The van der Waals surface area contributed by atoms with Crippen LogP contribution in [0.3, 0.4) is 0 Å². The van der Waals surface area contributed by atoms with E-state index in [1.54, 1.807) is 24.8 Å². The van der Waals surface area contributed by atoms with Crippen LogP contribution in [-0.4, -0.2) is 39.7 Å². The molecule has 1 atom stereocenters. The Balaban J connectivity index is 1.40. The number of rotatable bonds is 5. The van der Waals surface area contributed by atoms with E-state index in [-0.39, 0.29) is 17.6 Å². The maximum Gasteiger partial charge on any atom is 0.220 e. The highest BCUT2D eigenvalue weighted by Crippen LogP contribution is 2.45. The molecule has 1 unspecified atom stereocenters. The summed E-state index contributed by atoms with van der Waals surface area (Å²) >= 11 is 0. The first kappa shape index (κ1) is 20.6. The average molecular weight is 431 g/mol. The van der Waals surface area contributed by atoms with Gasteiger partial charge in [0, 0.05) is 67.8 Å². The quantitative estimate of drug-likeness (QED) is 0.665. The van der Waals surface area contributed by atoms with Crippen molar-refractivity contribution in [2.24, 2.45) is 0 Å². The number of nitrogens with zero attached hydrogens (tertiary/aromatic N) is 3. The molecule has 0 radical (unpaired) electrons. The minimum absolute atomic E-state index is 0.00231. The lowest BCUT2D eigenvalue weighted by molar-refractivity contribution is -0.123. The number of hydrogen-bond acceptors (Lipinski definition) is 6. The number of ether oxygens (including phenoxy) is 2. The highest BCUT2D eigenvalue weighted by molar-refractivity contribution is 5.77. The van der Waals surface area contributed by atoms with E-state index in [0.717, 1.165) is 47.4 Å². The van der Waals surface area contributed by atoms with Crippen molar-refractivity contribution in [1.29, 1.82) is 0 Å². The lowest BCUT2D eigenvalue weighted by Crippen LogP contribution is -2.48. The summed E-state index contributed by atoms with van der Waals surface area (Å²) in [5.74, 6) is 0.840. The number of amides is 1. The molecule has 0 saturated carbocycles. The van der Waals surface area contributed by atoms with Gasteiger partial charge in [-0.25, -0.2) is 0 Å². The summed E-state index contributed by atoms with van der Waals surface area (Å²) in [6.07, 6.45) is 11.9. The standard InChI is InChI=1S/C25H26N4O3/c30-24(6-4-20-17-27-10-11-28-20)29-22-15-25(7-12-31-13-8-25)32-23-5-3-18(14-21(22)23)19-2-1-9-26-16-19/h1-3,5,9-11,14,16-17,22H,4,6-8,12-13,15H2,(H,29,30). The van der Waals surface area contributed by atoms with Crippen LogP contribution in [0.25, 0.3) is 11.1 Å². The van der Waals surface area contributed by atoms with Gasteiger partial charge in [0.1, 0.15) is 11.4 Å². The van der Waals surface area contributed by atoms with Crippen molar-refractivity contribution in [1.82, 2.24) is 20.3 Å². The highest BCUT2D eigenvalue weighted by Gasteiger charge is 2.42. The van der Waals surface area contributed by atoms with E-state index in [1.165, 1.54) is 0 Å². The number of fused-ring (bicyclic) bond motifs is 1. The maximum atomic E-state index is 12.9. The Kier molecular flexibility index (Phi) is 5.81. The summed E-state index contributed by atoms with van der Waals surface area (Å²) in [5.41, 5.74) is 3.62. The number of aryl methyl sites for hydroxylation is 1. The van der Waals surface area contributed by atoms with Crippen molar-refractivity contribution in [2.75, 3.05) is 13.2 Å². The van der Waals surface area contributed by atoms with E-state index in [1.807, 2.05) is 24.4 Å². The average Bonchev–Trinajstić information content (AvgIpc) is 2.84. The molecule has 1 spiro atoms. The van der Waals surface area contributed by atoms with E-state index < -0.39 is 0 Å². The summed E-state index contributed by atoms with van der Waals surface area (Å²) in [4.78, 5) is 25.5. The molecule has 2 aromatic heterocycles. The second kappa shape index (κ2) is 9.04. The monoisotopic (exact) mass is 430 g/mol. The largest absolute Gasteiger partial charge is 0.487 e. The predicted molar refractivity (Wildman–Crippen MR) is 119 cm³/mol. The van der Waals surface area contributed by atoms with Crippen LogP contribution >= 0.6 is 0 Å². The van der Waals surface area contributed by atoms with Crippen molar-refractivity contribution >= 4 is 5.91 Å². The van der Waals surface area contributed by atoms with Crippen molar-refractivity contribution < 1.29 is 14.3 Å². The first-order valence-electron chi connectivity index (χ1n) is 11.1. The highest BCUT2D eigenvalue weighted by atomic mass is 16.5. The Morgan fingerprint density at radius 2 is 1.94 bits per heavy atom. The van der Waals surface area contributed by atoms with Crippen LogP contribution in [0.5, 0.6) is 5.75 Å². The number of benzene rings is 1. The molecule has 2 aliphatic heterocycles. The molecule has 1 aromatic carbocycles. The Morgan fingerprint density at radius 3 is 2.72 bits per heavy atom. The Hall–Kier alpha value is -3.32. The zero-order chi connectivity index (χ0) is 21.8. The van der Waals surface area contributed by atoms with Crippen LogP contribution in [0, 0.1) is 0 Å². The molecule has 164 valence electrons. The minimum Gasteiger partial charge on any atom is -0.487 e. The van der Waals surface area contributed by atoms with E-state index in [2.05, 4.69) is 32.4 Å². The van der Waals surface area contributed by atoms with Crippen molar-refractivity contribution in [3.63, 3.8) is 0 Å². The van der Waals surface area contributed by atoms with Gasteiger partial charge < -0.3 is 14.8 Å². The third-order valence-corrected chi connectivity index (χ3v) is 6.25. The molecule has 3 aromatic rings. The summed E-state index contributed by atoms with van der Waals surface area (Å²) in [5, 5.41) is 3.27. The zero-order valence-corrected chi connectivity index (χ0v) is 17.9. The van der Waals surface area contributed by atoms with Gasteiger partial charge in [-0.15, -0.1) is 0 Å². The molecule has 5 rings (SSSR count). The van der Waals surface area contributed by atoms with E-state index in [4.69, 9.17) is 9.47 Å². The molecule has 1 amide bonds. The molecule has 7 heteroatoms. The zero-order valence-electron chi connectivity index (χ0n) is 17.9. The van der Waals surface area contributed by atoms with Gasteiger partial charge in [0.05, 0.1) is 24.9 Å². The van der Waals surface area contributed by atoms with Gasteiger partial charge in [-0.3, -0.25) is 19.7 Å². The normalized spacial score (nSPS) is 19.1. The van der Waals surface area contributed by atoms with Gasteiger partial charge in [-0.1, -0.05) is 12.1 Å². The van der Waals surface area contributed by atoms with Crippen LogP contribution < -0.4 is 10.1 Å². The maximum absolute atomic E-state index is 12.9. The summed E-state index contributed by atoms with van der Waals surface area (Å²) in [7, 11) is 0. The van der Waals surface area contributed by atoms with Crippen LogP contribution in [-0.2, 0) is 16.0 Å². The van der Waals surface area contributed by atoms with Gasteiger partial charge in [0.25, 0.3) is 0 Å². The lowest BCUT2D eigenvalue weighted by atomic mass is 9.81. The number of pyridine rings is 1. The van der Waals surface area contributed by atoms with Gasteiger partial charge in [0.15, 0.2) is 0 Å². The third kappa shape index (κ3) is 4.48. The topological polar surface area (TPSA) is 86.2 Å². The van der Waals surface area contributed by atoms with Crippen molar-refractivity contribution in [3.8, 4) is 16.9 Å². The van der Waals surface area contributed by atoms with Gasteiger partial charge >= 0.3 is 0 Å². The molecular weight excluding hydrogens is 404 g/mol. The van der Waals surface area contributed by atoms with Gasteiger partial charge in [-0.05, 0) is 30.2 Å². The van der Waals surface area contributed by atoms with E-state index in [0.29, 0.717) is 26.1 Å². The second-order valence-corrected chi connectivity index (χ2v) is 8.41. The second-order valence-electron chi connectivity index (χ2n) is 8.41. The number of carbonyl (C=O) groups excluding carboxylic acids is 1. The molecule has 0 bridgehead atoms. The molecule has 2 aliphatic rings. The summed E-state index contributed by atoms with van der Waals surface area (Å²) in [6.45, 7) is 1.35. The molecule has 1 N–H and O–H groups in total. The first-order chi connectivity index (χ1) is 15.7. The number of hydrogen-bond donors (Lipinski definition) is 1. The fourth-order valence-electron chi connectivity index (χ4n) is 4.53. The molecule has 4 heterocycles. The smallest absolute Gasteiger partial charge is 0.220 e. The number of nitrogens with one attached hydrogen (secondary N) is 1. The third-order valence-electron chi connectivity index (χ3n) is 6.25. The fourth-order valence-corrected chi connectivity index (χ4v) is 4.53. The summed E-state index contributed by atoms with van der Waals surface area (Å²) < 4.78 is 12.1. The molecule has 32 heavy (non-hydrogen) atoms. The van der Waals surface area contributed by atoms with Gasteiger partial charge in [0.2, 0.25) is 5.91 Å². The molecule has 1 saturated heterocycles. The van der Waals surface area contributed by atoms with Crippen LogP contribution in [0.4, 0.5) is 0 Å². The van der Waals surface area contributed by atoms with Crippen LogP contribution in [0.1, 0.15) is 43.0 Å². The number of aromatic nitrogens is 3. The summed E-state index contributed by atoms with van der Waals surface area (Å²) in [6, 6.07) is 10.0. The van der Waals surface area contributed by atoms with Crippen molar-refractivity contribution in [3.05, 3.63) is 72.6 Å². The van der Waals surface area contributed by atoms with Crippen molar-refractivity contribution in [2.45, 2.75) is 43.7 Å². The van der Waals surface area contributed by atoms with E-state index in [9.17, 15) is 4.79 Å². The molecular formula is C25H26N4O3. The SMILES string of the molecule is O=C(CCc1cnccn1)NC1CC2(CCOCC2)Oc2ccc(-c3cccnc3)cc21.